The van der Waals surface area contributed by atoms with E-state index in [0.29, 0.717) is 13.1 Å². The van der Waals surface area contributed by atoms with Crippen molar-refractivity contribution < 1.29 is 24.4 Å². The van der Waals surface area contributed by atoms with E-state index in [1.54, 1.807) is 0 Å². The third kappa shape index (κ3) is 5.01. The summed E-state index contributed by atoms with van der Waals surface area (Å²) in [5.74, 6) is -1.88. The number of nitrogens with zero attached hydrogens (tertiary/aromatic N) is 2. The quantitative estimate of drug-likeness (QED) is 0.407. The van der Waals surface area contributed by atoms with Crippen LogP contribution in [0.4, 0.5) is 11.4 Å². The predicted molar refractivity (Wildman–Crippen MR) is 144 cm³/mol. The van der Waals surface area contributed by atoms with Crippen molar-refractivity contribution in [1.29, 1.82) is 0 Å². The number of carbonyl (C=O) groups excluding carboxylic acids is 1. The number of fused-ring (bicyclic) bond motifs is 2. The molecule has 6 heteroatoms. The number of carbonyl (C=O) groups is 2. The minimum atomic E-state index is -1.07. The van der Waals surface area contributed by atoms with Gasteiger partial charge in [0.1, 0.15) is 0 Å². The third-order valence-electron chi connectivity index (χ3n) is 7.42. The van der Waals surface area contributed by atoms with E-state index in [-0.39, 0.29) is 23.7 Å². The van der Waals surface area contributed by atoms with Crippen molar-refractivity contribution >= 4 is 29.0 Å². The molecule has 0 fully saturated rings. The van der Waals surface area contributed by atoms with Crippen molar-refractivity contribution in [2.75, 3.05) is 18.0 Å². The number of aliphatic carboxylic acids is 2. The van der Waals surface area contributed by atoms with Crippen LogP contribution in [0.2, 0.25) is 0 Å². The molecule has 192 valence electrons. The summed E-state index contributed by atoms with van der Waals surface area (Å²) in [5, 5.41) is 20.5. The molecule has 2 heterocycles. The van der Waals surface area contributed by atoms with Crippen LogP contribution >= 0.6 is 0 Å². The fourth-order valence-corrected chi connectivity index (χ4v) is 5.53. The molecule has 1 N–H and O–H groups in total. The van der Waals surface area contributed by atoms with Crippen molar-refractivity contribution in [2.24, 2.45) is 0 Å². The molecule has 2 aromatic rings. The fraction of sp³-hybridized carbons (Fsp3) is 0.323. The zero-order valence-electron chi connectivity index (χ0n) is 21.9. The van der Waals surface area contributed by atoms with Gasteiger partial charge in [-0.1, -0.05) is 68.5 Å². The Bertz CT molecular complexity index is 1340. The van der Waals surface area contributed by atoms with Gasteiger partial charge in [0, 0.05) is 53.4 Å². The van der Waals surface area contributed by atoms with Gasteiger partial charge >= 0.3 is 5.97 Å². The lowest BCUT2D eigenvalue weighted by Gasteiger charge is -2.26. The molecule has 4 rings (SSSR count). The second kappa shape index (κ2) is 10.2. The summed E-state index contributed by atoms with van der Waals surface area (Å²) in [4.78, 5) is 24.6. The predicted octanol–water partition coefficient (Wildman–Crippen LogP) is 4.47. The van der Waals surface area contributed by atoms with Crippen LogP contribution < -0.4 is 10.0 Å². The second-order valence-electron chi connectivity index (χ2n) is 10.5. The van der Waals surface area contributed by atoms with Crippen LogP contribution in [0.15, 0.2) is 84.6 Å². The summed E-state index contributed by atoms with van der Waals surface area (Å²) in [6, 6.07) is 16.2. The number of carboxylic acids is 2. The lowest BCUT2D eigenvalue weighted by atomic mass is 9.81. The van der Waals surface area contributed by atoms with E-state index in [4.69, 9.17) is 0 Å². The van der Waals surface area contributed by atoms with E-state index in [9.17, 15) is 19.8 Å². The topological polar surface area (TPSA) is 83.7 Å². The second-order valence-corrected chi connectivity index (χ2v) is 10.5. The van der Waals surface area contributed by atoms with Gasteiger partial charge < -0.3 is 19.9 Å². The molecular formula is C31H34N2O4. The highest BCUT2D eigenvalue weighted by molar-refractivity contribution is 6.03. The van der Waals surface area contributed by atoms with Gasteiger partial charge in [-0.25, -0.2) is 0 Å². The van der Waals surface area contributed by atoms with Crippen LogP contribution in [0.5, 0.6) is 0 Å². The van der Waals surface area contributed by atoms with Crippen LogP contribution in [0.1, 0.15) is 51.7 Å². The molecular weight excluding hydrogens is 464 g/mol. The normalized spacial score (nSPS) is 18.7. The maximum Gasteiger partial charge on any atom is 0.305 e. The average molecular weight is 499 g/mol. The van der Waals surface area contributed by atoms with Gasteiger partial charge in [0.15, 0.2) is 12.3 Å². The minimum absolute atomic E-state index is 0.0501. The summed E-state index contributed by atoms with van der Waals surface area (Å²) < 4.78 is 2.07. The average Bonchev–Trinajstić information content (AvgIpc) is 3.20. The third-order valence-corrected chi connectivity index (χ3v) is 7.42. The number of carboxylic acid groups (broad SMARTS) is 2. The Morgan fingerprint density at radius 3 is 2.30 bits per heavy atom. The maximum atomic E-state index is 11.3. The van der Waals surface area contributed by atoms with Crippen molar-refractivity contribution in [1.82, 2.24) is 0 Å². The summed E-state index contributed by atoms with van der Waals surface area (Å²) in [6.07, 6.45) is 10.0. The molecule has 37 heavy (non-hydrogen) atoms. The molecule has 0 aliphatic carbocycles. The van der Waals surface area contributed by atoms with Crippen LogP contribution in [-0.4, -0.2) is 40.4 Å². The van der Waals surface area contributed by atoms with Crippen molar-refractivity contribution in [3.63, 3.8) is 0 Å². The first-order chi connectivity index (χ1) is 17.5. The van der Waals surface area contributed by atoms with Gasteiger partial charge in [-0.05, 0) is 31.6 Å². The Labute approximate surface area is 218 Å². The molecule has 0 bridgehead atoms. The number of para-hydroxylation sites is 2. The van der Waals surface area contributed by atoms with Crippen molar-refractivity contribution in [2.45, 2.75) is 51.4 Å². The van der Waals surface area contributed by atoms with Gasteiger partial charge in [-0.3, -0.25) is 4.79 Å². The van der Waals surface area contributed by atoms with Crippen LogP contribution in [-0.2, 0) is 20.4 Å². The van der Waals surface area contributed by atoms with Gasteiger partial charge in [0.05, 0.1) is 11.8 Å². The van der Waals surface area contributed by atoms with Crippen LogP contribution in [0.3, 0.4) is 0 Å². The number of hydrogen-bond acceptors (Lipinski definition) is 4. The van der Waals surface area contributed by atoms with Gasteiger partial charge in [-0.2, -0.15) is 4.58 Å². The van der Waals surface area contributed by atoms with Crippen molar-refractivity contribution in [3.8, 4) is 0 Å². The van der Waals surface area contributed by atoms with Gasteiger partial charge in [0.25, 0.3) is 0 Å². The molecule has 0 radical (unpaired) electrons. The van der Waals surface area contributed by atoms with Crippen LogP contribution in [0.25, 0.3) is 0 Å². The highest BCUT2D eigenvalue weighted by Crippen LogP contribution is 2.47. The fourth-order valence-electron chi connectivity index (χ4n) is 5.53. The molecule has 0 atom stereocenters. The smallest absolute Gasteiger partial charge is 0.305 e. The Hall–Kier alpha value is -3.93. The standard InChI is InChI=1S/C31H34N2O4/c1-30(2)22-12-8-10-14-24(22)32(20-18-28(34)35)26(30)16-6-5-7-17-27-31(3,4)23-13-9-11-15-25(23)33(27)21-19-29(36)37/h5-17H,18-21H2,1-4H3,(H-,34,35,36,37). The molecule has 0 saturated carbocycles. The molecule has 2 aliphatic heterocycles. The van der Waals surface area contributed by atoms with Gasteiger partial charge in [-0.15, -0.1) is 0 Å². The zero-order valence-corrected chi connectivity index (χ0v) is 21.9. The Morgan fingerprint density at radius 2 is 1.59 bits per heavy atom. The van der Waals surface area contributed by atoms with E-state index in [2.05, 4.69) is 55.4 Å². The lowest BCUT2D eigenvalue weighted by molar-refractivity contribution is -0.439. The molecule has 0 amide bonds. The number of allylic oxidation sites excluding steroid dienone is 6. The lowest BCUT2D eigenvalue weighted by Crippen LogP contribution is -2.30. The first-order valence-electron chi connectivity index (χ1n) is 12.6. The SMILES string of the molecule is CC1(C)C(=CC=CC=CC2=[N+](CCC(=O)[O-])c3ccccc3C2(C)C)N(CCC(=O)O)c2ccccc21. The zero-order chi connectivity index (χ0) is 26.8. The molecule has 2 aromatic carbocycles. The number of rotatable bonds is 9. The summed E-state index contributed by atoms with van der Waals surface area (Å²) in [5.41, 5.74) is 5.98. The van der Waals surface area contributed by atoms with E-state index >= 15 is 0 Å². The highest BCUT2D eigenvalue weighted by Gasteiger charge is 2.44. The first kappa shape index (κ1) is 26.1. The van der Waals surface area contributed by atoms with E-state index in [1.807, 2.05) is 60.7 Å². The monoisotopic (exact) mass is 498 g/mol. The molecule has 0 aromatic heterocycles. The number of hydrogen-bond donors (Lipinski definition) is 1. The minimum Gasteiger partial charge on any atom is -0.550 e. The molecule has 2 aliphatic rings. The Balaban J connectivity index is 1.63. The van der Waals surface area contributed by atoms with Gasteiger partial charge in [0.2, 0.25) is 5.69 Å². The summed E-state index contributed by atoms with van der Waals surface area (Å²) >= 11 is 0. The maximum absolute atomic E-state index is 11.3. The van der Waals surface area contributed by atoms with E-state index < -0.39 is 11.9 Å². The Kier molecular flexibility index (Phi) is 7.21. The summed E-state index contributed by atoms with van der Waals surface area (Å²) in [6.45, 7) is 9.37. The molecule has 0 saturated heterocycles. The Morgan fingerprint density at radius 1 is 0.919 bits per heavy atom. The van der Waals surface area contributed by atoms with E-state index in [0.717, 1.165) is 22.8 Å². The first-order valence-corrected chi connectivity index (χ1v) is 12.6. The highest BCUT2D eigenvalue weighted by atomic mass is 16.4. The van der Waals surface area contributed by atoms with E-state index in [1.165, 1.54) is 11.1 Å². The molecule has 0 spiro atoms. The number of benzene rings is 2. The number of anilines is 1. The largest absolute Gasteiger partial charge is 0.550 e. The molecule has 6 nitrogen and oxygen atoms in total. The summed E-state index contributed by atoms with van der Waals surface area (Å²) in [7, 11) is 0. The van der Waals surface area contributed by atoms with Crippen molar-refractivity contribution in [3.05, 3.63) is 95.7 Å². The van der Waals surface area contributed by atoms with Crippen LogP contribution in [0, 0.1) is 0 Å². The molecule has 0 unspecified atom stereocenters.